The summed E-state index contributed by atoms with van der Waals surface area (Å²) >= 11 is 5.59. The molecule has 0 bridgehead atoms. The minimum atomic E-state index is -0.462. The molecule has 0 aliphatic carbocycles. The normalized spacial score (nSPS) is 12.5. The second kappa shape index (κ2) is 4.42. The van der Waals surface area contributed by atoms with Gasteiger partial charge >= 0.3 is 0 Å². The van der Waals surface area contributed by atoms with Crippen LogP contribution >= 0.6 is 11.6 Å². The summed E-state index contributed by atoms with van der Waals surface area (Å²) in [6.07, 6.45) is 0.718. The highest BCUT2D eigenvalue weighted by atomic mass is 35.5. The lowest BCUT2D eigenvalue weighted by molar-refractivity contribution is -0.108. The Kier molecular flexibility index (Phi) is 3.47. The van der Waals surface area contributed by atoms with Crippen molar-refractivity contribution in [3.05, 3.63) is 29.1 Å². The van der Waals surface area contributed by atoms with Crippen LogP contribution in [0.5, 0.6) is 0 Å². The molecular weight excluding hydrogens is 205 g/mol. The van der Waals surface area contributed by atoms with Gasteiger partial charge in [0.25, 0.3) is 0 Å². The maximum absolute atomic E-state index is 13.0. The number of halogens is 2. The number of alkyl halides is 1. The molecule has 0 amide bonds. The van der Waals surface area contributed by atoms with Crippen molar-refractivity contribution < 1.29 is 9.18 Å². The van der Waals surface area contributed by atoms with Gasteiger partial charge in [0.15, 0.2) is 0 Å². The molecule has 1 atom stereocenters. The van der Waals surface area contributed by atoms with Gasteiger partial charge in [0, 0.05) is 17.1 Å². The SMILES string of the molecule is Cc1c(F)ccc(C(C=O)CCl)c1N. The predicted octanol–water partition coefficient (Wildman–Crippen LogP) is 2.24. The number of carbonyl (C=O) groups is 1. The van der Waals surface area contributed by atoms with E-state index in [0.717, 1.165) is 6.29 Å². The fourth-order valence-corrected chi connectivity index (χ4v) is 1.48. The van der Waals surface area contributed by atoms with E-state index in [4.69, 9.17) is 17.3 Å². The van der Waals surface area contributed by atoms with Crippen molar-refractivity contribution in [3.63, 3.8) is 0 Å². The number of benzene rings is 1. The lowest BCUT2D eigenvalue weighted by atomic mass is 9.98. The summed E-state index contributed by atoms with van der Waals surface area (Å²) in [6, 6.07) is 2.79. The molecule has 1 aromatic carbocycles. The van der Waals surface area contributed by atoms with Gasteiger partial charge in [-0.15, -0.1) is 11.6 Å². The zero-order chi connectivity index (χ0) is 10.7. The third-order valence-corrected chi connectivity index (χ3v) is 2.54. The number of hydrogen-bond acceptors (Lipinski definition) is 2. The highest BCUT2D eigenvalue weighted by Gasteiger charge is 2.15. The number of nitrogens with two attached hydrogens (primary N) is 1. The van der Waals surface area contributed by atoms with Crippen molar-refractivity contribution in [1.82, 2.24) is 0 Å². The monoisotopic (exact) mass is 215 g/mol. The lowest BCUT2D eigenvalue weighted by Crippen LogP contribution is -2.07. The second-order valence-corrected chi connectivity index (χ2v) is 3.38. The van der Waals surface area contributed by atoms with E-state index in [1.54, 1.807) is 6.92 Å². The molecule has 0 radical (unpaired) electrons. The first kappa shape index (κ1) is 11.0. The number of anilines is 1. The molecule has 0 aromatic heterocycles. The van der Waals surface area contributed by atoms with Gasteiger partial charge in [-0.3, -0.25) is 0 Å². The maximum atomic E-state index is 13.0. The molecule has 2 N–H and O–H groups in total. The van der Waals surface area contributed by atoms with Crippen LogP contribution in [0.2, 0.25) is 0 Å². The Morgan fingerprint density at radius 1 is 1.64 bits per heavy atom. The highest BCUT2D eigenvalue weighted by molar-refractivity contribution is 6.19. The summed E-state index contributed by atoms with van der Waals surface area (Å²) in [5.74, 6) is -0.680. The third kappa shape index (κ3) is 1.87. The Hall–Kier alpha value is -1.09. The molecule has 76 valence electrons. The van der Waals surface area contributed by atoms with Crippen LogP contribution in [-0.2, 0) is 4.79 Å². The van der Waals surface area contributed by atoms with Crippen LogP contribution in [0.25, 0.3) is 0 Å². The van der Waals surface area contributed by atoms with Gasteiger partial charge in [0.05, 0.1) is 5.92 Å². The van der Waals surface area contributed by atoms with Crippen LogP contribution in [0.4, 0.5) is 10.1 Å². The lowest BCUT2D eigenvalue weighted by Gasteiger charge is -2.12. The van der Waals surface area contributed by atoms with Crippen molar-refractivity contribution in [2.45, 2.75) is 12.8 Å². The smallest absolute Gasteiger partial charge is 0.128 e. The Morgan fingerprint density at radius 3 is 2.79 bits per heavy atom. The number of rotatable bonds is 3. The molecule has 0 spiro atoms. The summed E-state index contributed by atoms with van der Waals surface area (Å²) in [6.45, 7) is 1.57. The van der Waals surface area contributed by atoms with Gasteiger partial charge in [0.2, 0.25) is 0 Å². The van der Waals surface area contributed by atoms with Gasteiger partial charge in [-0.25, -0.2) is 4.39 Å². The van der Waals surface area contributed by atoms with E-state index in [1.807, 2.05) is 0 Å². The molecule has 0 aliphatic heterocycles. The van der Waals surface area contributed by atoms with Crippen LogP contribution < -0.4 is 5.73 Å². The number of carbonyl (C=O) groups excluding carboxylic acids is 1. The van der Waals surface area contributed by atoms with Crippen LogP contribution in [0, 0.1) is 12.7 Å². The molecule has 1 unspecified atom stereocenters. The minimum absolute atomic E-state index is 0.152. The molecule has 0 saturated carbocycles. The van der Waals surface area contributed by atoms with Crippen molar-refractivity contribution in [1.29, 1.82) is 0 Å². The van der Waals surface area contributed by atoms with Gasteiger partial charge < -0.3 is 10.5 Å². The number of aldehydes is 1. The summed E-state index contributed by atoms with van der Waals surface area (Å²) < 4.78 is 13.0. The van der Waals surface area contributed by atoms with E-state index in [0.29, 0.717) is 16.8 Å². The number of hydrogen-bond donors (Lipinski definition) is 1. The third-order valence-electron chi connectivity index (χ3n) is 2.21. The average Bonchev–Trinajstić information content (AvgIpc) is 2.19. The molecule has 2 nitrogen and oxygen atoms in total. The van der Waals surface area contributed by atoms with Gasteiger partial charge in [-0.05, 0) is 18.6 Å². The minimum Gasteiger partial charge on any atom is -0.398 e. The van der Waals surface area contributed by atoms with Crippen molar-refractivity contribution in [2.75, 3.05) is 11.6 Å². The Bertz CT molecular complexity index is 354. The Balaban J connectivity index is 3.22. The highest BCUT2D eigenvalue weighted by Crippen LogP contribution is 2.26. The fourth-order valence-electron chi connectivity index (χ4n) is 1.24. The molecule has 0 aliphatic rings. The van der Waals surface area contributed by atoms with E-state index in [-0.39, 0.29) is 11.7 Å². The first-order valence-corrected chi connectivity index (χ1v) is 4.71. The first-order chi connectivity index (χ1) is 6.61. The second-order valence-electron chi connectivity index (χ2n) is 3.07. The van der Waals surface area contributed by atoms with Crippen LogP contribution in [0.1, 0.15) is 17.0 Å². The topological polar surface area (TPSA) is 43.1 Å². The molecule has 0 saturated heterocycles. The van der Waals surface area contributed by atoms with E-state index in [1.165, 1.54) is 12.1 Å². The summed E-state index contributed by atoms with van der Waals surface area (Å²) in [5, 5.41) is 0. The van der Waals surface area contributed by atoms with Crippen molar-refractivity contribution >= 4 is 23.6 Å². The van der Waals surface area contributed by atoms with Crippen LogP contribution in [0.3, 0.4) is 0 Å². The van der Waals surface area contributed by atoms with E-state index < -0.39 is 5.92 Å². The summed E-state index contributed by atoms with van der Waals surface area (Å²) in [4.78, 5) is 10.7. The van der Waals surface area contributed by atoms with E-state index in [9.17, 15) is 9.18 Å². The zero-order valence-electron chi connectivity index (χ0n) is 7.76. The summed E-state index contributed by atoms with van der Waals surface area (Å²) in [7, 11) is 0. The molecule has 0 heterocycles. The van der Waals surface area contributed by atoms with Gasteiger partial charge in [0.1, 0.15) is 12.1 Å². The molecule has 0 fully saturated rings. The molecule has 1 rings (SSSR count). The number of nitrogen functional groups attached to an aromatic ring is 1. The Morgan fingerprint density at radius 2 is 2.29 bits per heavy atom. The van der Waals surface area contributed by atoms with Gasteiger partial charge in [-0.2, -0.15) is 0 Å². The van der Waals surface area contributed by atoms with Gasteiger partial charge in [-0.1, -0.05) is 6.07 Å². The molecular formula is C10H11ClFNO. The molecule has 1 aromatic rings. The summed E-state index contributed by atoms with van der Waals surface area (Å²) in [5.41, 5.74) is 6.94. The van der Waals surface area contributed by atoms with Crippen molar-refractivity contribution in [3.8, 4) is 0 Å². The Labute approximate surface area is 86.9 Å². The molecule has 14 heavy (non-hydrogen) atoms. The van der Waals surface area contributed by atoms with Crippen LogP contribution in [0.15, 0.2) is 12.1 Å². The maximum Gasteiger partial charge on any atom is 0.128 e. The fraction of sp³-hybridized carbons (Fsp3) is 0.300. The largest absolute Gasteiger partial charge is 0.398 e. The standard InChI is InChI=1S/C10H11ClFNO/c1-6-9(12)3-2-8(10(6)13)7(4-11)5-14/h2-3,5,7H,4,13H2,1H3. The van der Waals surface area contributed by atoms with Crippen LogP contribution in [-0.4, -0.2) is 12.2 Å². The molecule has 4 heteroatoms. The zero-order valence-corrected chi connectivity index (χ0v) is 8.51. The van der Waals surface area contributed by atoms with Crippen molar-refractivity contribution in [2.24, 2.45) is 0 Å². The van der Waals surface area contributed by atoms with E-state index in [2.05, 4.69) is 0 Å². The average molecular weight is 216 g/mol. The quantitative estimate of drug-likeness (QED) is 0.477. The first-order valence-electron chi connectivity index (χ1n) is 4.17. The predicted molar refractivity (Wildman–Crippen MR) is 55.1 cm³/mol. The van der Waals surface area contributed by atoms with E-state index >= 15 is 0 Å².